The molecule has 0 amide bonds. The van der Waals surface area contributed by atoms with Crippen molar-refractivity contribution in [3.05, 3.63) is 46.5 Å². The topological polar surface area (TPSA) is 52.2 Å². The number of nitrogens with one attached hydrogen (secondary N) is 1. The summed E-state index contributed by atoms with van der Waals surface area (Å²) in [6.45, 7) is 6.73. The predicted octanol–water partition coefficient (Wildman–Crippen LogP) is 5.74. The van der Waals surface area contributed by atoms with Gasteiger partial charge in [0.2, 0.25) is 13.6 Å². The van der Waals surface area contributed by atoms with Crippen molar-refractivity contribution < 1.29 is 18.9 Å². The van der Waals surface area contributed by atoms with Gasteiger partial charge in [-0.3, -0.25) is 4.90 Å². The standard InChI is InChI=1S/C16H21NO2.C13H15NO2.BrH.ClH/c1-2-8-17-9-7-12-11-4-6-15-16(19-10-18-15)13(11)3-5-14(12)17;1-3-11-9(5-6-14-11)8-2-4-12-13(10(1)8)16-7-15-12;;/h4,6,12,14H,2-3,5,7-10H2,1H3;2,4,9,11,14H,1,3,5-7H2;2*1H/t12-,14-;9-,11-;;/m11../s1. The number of nitrogens with zero attached hydrogens (tertiary/aromatic N) is 1. The van der Waals surface area contributed by atoms with E-state index >= 15 is 0 Å². The third kappa shape index (κ3) is 4.60. The molecule has 2 aliphatic carbocycles. The number of hydrogen-bond donors (Lipinski definition) is 1. The maximum absolute atomic E-state index is 5.68. The molecule has 6 nitrogen and oxygen atoms in total. The molecule has 0 aromatic heterocycles. The van der Waals surface area contributed by atoms with Crippen LogP contribution in [0, 0.1) is 0 Å². The predicted molar refractivity (Wildman–Crippen MR) is 152 cm³/mol. The van der Waals surface area contributed by atoms with Gasteiger partial charge in [-0.25, -0.2) is 0 Å². The molecule has 0 radical (unpaired) electrons. The van der Waals surface area contributed by atoms with E-state index in [1.807, 2.05) is 0 Å². The minimum Gasteiger partial charge on any atom is -0.454 e. The van der Waals surface area contributed by atoms with Crippen LogP contribution in [0.5, 0.6) is 23.0 Å². The third-order valence-corrected chi connectivity index (χ3v) is 9.07. The van der Waals surface area contributed by atoms with Crippen molar-refractivity contribution in [1.82, 2.24) is 10.2 Å². The highest BCUT2D eigenvalue weighted by Gasteiger charge is 2.40. The highest BCUT2D eigenvalue weighted by Crippen LogP contribution is 2.48. The van der Waals surface area contributed by atoms with Gasteiger partial charge >= 0.3 is 0 Å². The van der Waals surface area contributed by atoms with E-state index in [4.69, 9.17) is 18.9 Å². The lowest BCUT2D eigenvalue weighted by molar-refractivity contribution is 0.172. The quantitative estimate of drug-likeness (QED) is 0.480. The van der Waals surface area contributed by atoms with Gasteiger partial charge in [0.15, 0.2) is 23.0 Å². The molecule has 0 unspecified atom stereocenters. The molecular formula is C29H38BrClN2O4. The minimum absolute atomic E-state index is 0. The second-order valence-electron chi connectivity index (χ2n) is 10.8. The summed E-state index contributed by atoms with van der Waals surface area (Å²) in [5.41, 5.74) is 5.85. The van der Waals surface area contributed by atoms with Crippen LogP contribution in [0.25, 0.3) is 0 Å². The van der Waals surface area contributed by atoms with Gasteiger partial charge in [-0.2, -0.15) is 0 Å². The van der Waals surface area contributed by atoms with Crippen LogP contribution in [-0.4, -0.2) is 50.2 Å². The highest BCUT2D eigenvalue weighted by atomic mass is 79.9. The SMILES string of the molecule is Br.CCCN1CC[C@@H]2c3ccc4c(c3CC[C@H]21)OCO4.Cl.c1cc2c(c3c1OCO3)CC[C@H]1NCC[C@H]21. The highest BCUT2D eigenvalue weighted by molar-refractivity contribution is 8.93. The van der Waals surface area contributed by atoms with Gasteiger partial charge in [0, 0.05) is 35.0 Å². The third-order valence-electron chi connectivity index (χ3n) is 9.07. The molecule has 0 spiro atoms. The molecule has 8 rings (SSSR count). The Morgan fingerprint density at radius 3 is 2.14 bits per heavy atom. The van der Waals surface area contributed by atoms with Crippen LogP contribution in [0.2, 0.25) is 0 Å². The molecule has 4 heterocycles. The molecule has 8 heteroatoms. The Balaban J connectivity index is 0.000000145. The first-order valence-electron chi connectivity index (χ1n) is 13.6. The summed E-state index contributed by atoms with van der Waals surface area (Å²) in [6.07, 6.45) is 8.60. The van der Waals surface area contributed by atoms with Crippen LogP contribution < -0.4 is 24.3 Å². The summed E-state index contributed by atoms with van der Waals surface area (Å²) in [5.74, 6) is 5.33. The summed E-state index contributed by atoms with van der Waals surface area (Å²) in [4.78, 5) is 2.69. The summed E-state index contributed by atoms with van der Waals surface area (Å²) in [6, 6.07) is 10.1. The van der Waals surface area contributed by atoms with E-state index in [9.17, 15) is 0 Å². The summed E-state index contributed by atoms with van der Waals surface area (Å²) >= 11 is 0. The van der Waals surface area contributed by atoms with Crippen molar-refractivity contribution in [3.63, 3.8) is 0 Å². The van der Waals surface area contributed by atoms with Crippen molar-refractivity contribution in [1.29, 1.82) is 0 Å². The van der Waals surface area contributed by atoms with Gasteiger partial charge < -0.3 is 24.3 Å². The average Bonchev–Trinajstić information content (AvgIpc) is 3.69. The molecule has 4 atom stereocenters. The maximum atomic E-state index is 5.68. The average molecular weight is 594 g/mol. The Hall–Kier alpha value is -1.67. The van der Waals surface area contributed by atoms with Crippen molar-refractivity contribution in [2.45, 2.75) is 75.8 Å². The fourth-order valence-corrected chi connectivity index (χ4v) is 7.57. The molecule has 2 aromatic rings. The van der Waals surface area contributed by atoms with E-state index in [0.717, 1.165) is 48.4 Å². The van der Waals surface area contributed by atoms with Crippen molar-refractivity contribution in [2.24, 2.45) is 0 Å². The fourth-order valence-electron chi connectivity index (χ4n) is 7.57. The first-order valence-corrected chi connectivity index (χ1v) is 13.6. The van der Waals surface area contributed by atoms with Gasteiger partial charge in [-0.1, -0.05) is 19.1 Å². The molecule has 0 bridgehead atoms. The van der Waals surface area contributed by atoms with E-state index in [1.54, 1.807) is 0 Å². The Labute approximate surface area is 236 Å². The van der Waals surface area contributed by atoms with Crippen LogP contribution in [0.3, 0.4) is 0 Å². The lowest BCUT2D eigenvalue weighted by atomic mass is 9.79. The number of rotatable bonds is 2. The van der Waals surface area contributed by atoms with Gasteiger partial charge in [-0.15, -0.1) is 29.4 Å². The summed E-state index contributed by atoms with van der Waals surface area (Å²) in [7, 11) is 0. The number of fused-ring (bicyclic) bond motifs is 10. The van der Waals surface area contributed by atoms with Gasteiger partial charge in [0.05, 0.1) is 0 Å². The zero-order valence-electron chi connectivity index (χ0n) is 21.5. The van der Waals surface area contributed by atoms with Gasteiger partial charge in [-0.05, 0) is 87.8 Å². The number of benzene rings is 2. The molecule has 2 saturated heterocycles. The molecule has 6 aliphatic rings. The Morgan fingerprint density at radius 1 is 0.811 bits per heavy atom. The summed E-state index contributed by atoms with van der Waals surface area (Å²) in [5, 5.41) is 3.60. The van der Waals surface area contributed by atoms with Crippen molar-refractivity contribution in [3.8, 4) is 23.0 Å². The first kappa shape index (κ1) is 26.9. The Bertz CT molecular complexity index is 1130. The molecular weight excluding hydrogens is 556 g/mol. The Morgan fingerprint density at radius 2 is 1.46 bits per heavy atom. The van der Waals surface area contributed by atoms with Crippen LogP contribution in [0.15, 0.2) is 24.3 Å². The fraction of sp³-hybridized carbons (Fsp3) is 0.586. The lowest BCUT2D eigenvalue weighted by Crippen LogP contribution is -2.35. The second-order valence-corrected chi connectivity index (χ2v) is 10.8. The second kappa shape index (κ2) is 11.2. The van der Waals surface area contributed by atoms with E-state index < -0.39 is 0 Å². The van der Waals surface area contributed by atoms with Gasteiger partial charge in [0.25, 0.3) is 0 Å². The molecule has 1 N–H and O–H groups in total. The first-order chi connectivity index (χ1) is 17.3. The number of hydrogen-bond acceptors (Lipinski definition) is 6. The van der Waals surface area contributed by atoms with E-state index in [2.05, 4.69) is 41.4 Å². The summed E-state index contributed by atoms with van der Waals surface area (Å²) < 4.78 is 22.2. The Kier molecular flexibility index (Phi) is 8.15. The molecule has 202 valence electrons. The molecule has 2 fully saturated rings. The molecule has 2 aromatic carbocycles. The number of likely N-dealkylation sites (tertiary alicyclic amines) is 1. The van der Waals surface area contributed by atoms with Gasteiger partial charge in [0.1, 0.15) is 0 Å². The molecule has 0 saturated carbocycles. The van der Waals surface area contributed by atoms with E-state index in [0.29, 0.717) is 31.5 Å². The van der Waals surface area contributed by atoms with E-state index in [1.165, 1.54) is 67.4 Å². The van der Waals surface area contributed by atoms with Crippen LogP contribution in [-0.2, 0) is 12.8 Å². The number of ether oxygens (including phenoxy) is 4. The molecule has 37 heavy (non-hydrogen) atoms. The minimum atomic E-state index is 0. The van der Waals surface area contributed by atoms with E-state index in [-0.39, 0.29) is 29.4 Å². The monoisotopic (exact) mass is 592 g/mol. The number of halogens is 2. The van der Waals surface area contributed by atoms with Crippen molar-refractivity contribution in [2.75, 3.05) is 33.2 Å². The molecule has 4 aliphatic heterocycles. The smallest absolute Gasteiger partial charge is 0.231 e. The van der Waals surface area contributed by atoms with Crippen LogP contribution >= 0.6 is 29.4 Å². The van der Waals surface area contributed by atoms with Crippen LogP contribution in [0.1, 0.15) is 73.1 Å². The normalized spacial score (nSPS) is 27.5. The zero-order valence-corrected chi connectivity index (χ0v) is 24.0. The maximum Gasteiger partial charge on any atom is 0.231 e. The van der Waals surface area contributed by atoms with Crippen LogP contribution in [0.4, 0.5) is 0 Å². The lowest BCUT2D eigenvalue weighted by Gasteiger charge is -2.33. The zero-order chi connectivity index (χ0) is 23.4. The van der Waals surface area contributed by atoms with Crippen molar-refractivity contribution >= 4 is 29.4 Å². The largest absolute Gasteiger partial charge is 0.454 e.